The minimum absolute atomic E-state index is 0.382. The number of rotatable bonds is 5. The average Bonchev–Trinajstić information content (AvgIpc) is 3.32. The summed E-state index contributed by atoms with van der Waals surface area (Å²) in [5.74, 6) is 0. The van der Waals surface area contributed by atoms with E-state index in [9.17, 15) is 40.9 Å². The third-order valence-corrected chi connectivity index (χ3v) is 6.07. The average molecular weight is 469 g/mol. The first kappa shape index (κ1) is 24.1. The van der Waals surface area contributed by atoms with Gasteiger partial charge in [0.25, 0.3) is 0 Å². The zero-order valence-electron chi connectivity index (χ0n) is 17.3. The second-order valence-electron chi connectivity index (χ2n) is 8.17. The standard InChI is InChI=1S/C20H27N3O10/c24-6-11-13(26)15(28)17(30)19(32-11)9-3-1-8(2-4-9)10-5-23(22-21-10)20-18(31)16(29)14(27)12(7-25)33-20/h1-5,11-20,24-31H,6-7H2/t11-,12-,13-,14-,15+,16+,17+,18+,19-,20+/m1/s1. The molecule has 0 bridgehead atoms. The summed E-state index contributed by atoms with van der Waals surface area (Å²) in [7, 11) is 0. The highest BCUT2D eigenvalue weighted by atomic mass is 16.6. The van der Waals surface area contributed by atoms with Gasteiger partial charge in [0, 0.05) is 5.56 Å². The van der Waals surface area contributed by atoms with Gasteiger partial charge in [-0.15, -0.1) is 5.10 Å². The quantitative estimate of drug-likeness (QED) is 0.214. The van der Waals surface area contributed by atoms with Crippen LogP contribution in [0.15, 0.2) is 30.5 Å². The van der Waals surface area contributed by atoms with Crippen molar-refractivity contribution in [2.45, 2.75) is 61.2 Å². The lowest BCUT2D eigenvalue weighted by Crippen LogP contribution is -2.56. The molecule has 0 unspecified atom stereocenters. The van der Waals surface area contributed by atoms with Crippen LogP contribution in [0.25, 0.3) is 11.3 Å². The molecule has 0 radical (unpaired) electrons. The Labute approximate surface area is 187 Å². The van der Waals surface area contributed by atoms with Crippen LogP contribution in [0.3, 0.4) is 0 Å². The number of aromatic nitrogens is 3. The van der Waals surface area contributed by atoms with Gasteiger partial charge in [0.2, 0.25) is 0 Å². The van der Waals surface area contributed by atoms with Crippen LogP contribution in [0.4, 0.5) is 0 Å². The van der Waals surface area contributed by atoms with Gasteiger partial charge in [-0.2, -0.15) is 0 Å². The summed E-state index contributed by atoms with van der Waals surface area (Å²) in [4.78, 5) is 0. The second kappa shape index (κ2) is 9.68. The highest BCUT2D eigenvalue weighted by molar-refractivity contribution is 5.58. The summed E-state index contributed by atoms with van der Waals surface area (Å²) >= 11 is 0. The molecule has 2 aromatic rings. The van der Waals surface area contributed by atoms with E-state index in [0.29, 0.717) is 16.8 Å². The first-order valence-corrected chi connectivity index (χ1v) is 10.4. The fourth-order valence-corrected chi connectivity index (χ4v) is 4.05. The lowest BCUT2D eigenvalue weighted by Gasteiger charge is -2.40. The van der Waals surface area contributed by atoms with E-state index in [2.05, 4.69) is 10.3 Å². The van der Waals surface area contributed by atoms with Gasteiger partial charge in [-0.1, -0.05) is 29.5 Å². The molecule has 2 aliphatic rings. The molecule has 10 atom stereocenters. The molecule has 2 fully saturated rings. The van der Waals surface area contributed by atoms with Gasteiger partial charge < -0.3 is 50.3 Å². The van der Waals surface area contributed by atoms with Crippen LogP contribution in [0.1, 0.15) is 17.9 Å². The van der Waals surface area contributed by atoms with Crippen LogP contribution in [0, 0.1) is 0 Å². The van der Waals surface area contributed by atoms with Gasteiger partial charge in [0.15, 0.2) is 6.23 Å². The van der Waals surface area contributed by atoms with Gasteiger partial charge in [0.05, 0.1) is 19.4 Å². The zero-order chi connectivity index (χ0) is 23.9. The zero-order valence-corrected chi connectivity index (χ0v) is 17.3. The Balaban J connectivity index is 1.52. The Bertz CT molecular complexity index is 923. The lowest BCUT2D eigenvalue weighted by atomic mass is 9.91. The van der Waals surface area contributed by atoms with Gasteiger partial charge in [-0.3, -0.25) is 0 Å². The molecule has 2 aliphatic heterocycles. The molecule has 1 aromatic carbocycles. The Morgan fingerprint density at radius 1 is 0.727 bits per heavy atom. The van der Waals surface area contributed by atoms with E-state index in [0.717, 1.165) is 0 Å². The third kappa shape index (κ3) is 4.40. The summed E-state index contributed by atoms with van der Waals surface area (Å²) in [6.07, 6.45) is -11.7. The number of benzene rings is 1. The minimum atomic E-state index is -1.55. The van der Waals surface area contributed by atoms with Crippen LogP contribution in [0.5, 0.6) is 0 Å². The van der Waals surface area contributed by atoms with Crippen molar-refractivity contribution in [3.63, 3.8) is 0 Å². The number of aliphatic hydroxyl groups is 8. The van der Waals surface area contributed by atoms with E-state index < -0.39 is 74.4 Å². The number of aliphatic hydroxyl groups excluding tert-OH is 8. The Kier molecular flexibility index (Phi) is 7.07. The minimum Gasteiger partial charge on any atom is -0.394 e. The highest BCUT2D eigenvalue weighted by Crippen LogP contribution is 2.34. The number of hydrogen-bond donors (Lipinski definition) is 8. The first-order chi connectivity index (χ1) is 15.8. The largest absolute Gasteiger partial charge is 0.394 e. The van der Waals surface area contributed by atoms with Crippen molar-refractivity contribution in [3.8, 4) is 11.3 Å². The topological polar surface area (TPSA) is 211 Å². The maximum atomic E-state index is 10.3. The Morgan fingerprint density at radius 2 is 1.30 bits per heavy atom. The van der Waals surface area contributed by atoms with Gasteiger partial charge in [0.1, 0.15) is 60.6 Å². The van der Waals surface area contributed by atoms with Gasteiger partial charge in [-0.05, 0) is 5.56 Å². The fraction of sp³-hybridized carbons (Fsp3) is 0.600. The lowest BCUT2D eigenvalue weighted by molar-refractivity contribution is -0.254. The van der Waals surface area contributed by atoms with Gasteiger partial charge in [-0.25, -0.2) is 4.68 Å². The molecule has 0 amide bonds. The second-order valence-corrected chi connectivity index (χ2v) is 8.17. The predicted molar refractivity (Wildman–Crippen MR) is 107 cm³/mol. The molecule has 3 heterocycles. The molecule has 8 N–H and O–H groups in total. The van der Waals surface area contributed by atoms with Crippen molar-refractivity contribution < 1.29 is 50.3 Å². The molecule has 13 nitrogen and oxygen atoms in total. The summed E-state index contributed by atoms with van der Waals surface area (Å²) in [6.45, 7) is -1.09. The maximum absolute atomic E-state index is 10.3. The van der Waals surface area contributed by atoms with E-state index in [1.165, 1.54) is 10.9 Å². The molecule has 182 valence electrons. The molecule has 33 heavy (non-hydrogen) atoms. The third-order valence-electron chi connectivity index (χ3n) is 6.07. The van der Waals surface area contributed by atoms with E-state index in [4.69, 9.17) is 9.47 Å². The summed E-state index contributed by atoms with van der Waals surface area (Å²) < 4.78 is 12.2. The number of hydrogen-bond acceptors (Lipinski definition) is 12. The summed E-state index contributed by atoms with van der Waals surface area (Å²) in [6, 6.07) is 6.54. The molecule has 0 saturated carbocycles. The van der Waals surface area contributed by atoms with E-state index in [-0.39, 0.29) is 0 Å². The monoisotopic (exact) mass is 469 g/mol. The van der Waals surface area contributed by atoms with Crippen LogP contribution < -0.4 is 0 Å². The van der Waals surface area contributed by atoms with Crippen LogP contribution in [0.2, 0.25) is 0 Å². The van der Waals surface area contributed by atoms with Crippen molar-refractivity contribution in [2.75, 3.05) is 13.2 Å². The number of ether oxygens (including phenoxy) is 2. The molecule has 0 aliphatic carbocycles. The SMILES string of the molecule is OC[C@H]1O[C@H](c2ccc(-c3cn([C@H]4O[C@H](CO)[C@@H](O)[C@H](O)[C@@H]4O)nn3)cc2)[C@@H](O)[C@@H](O)[C@@H]1O. The number of nitrogens with zero attached hydrogens (tertiary/aromatic N) is 3. The van der Waals surface area contributed by atoms with Crippen molar-refractivity contribution in [2.24, 2.45) is 0 Å². The van der Waals surface area contributed by atoms with Crippen molar-refractivity contribution in [1.29, 1.82) is 0 Å². The molecule has 2 saturated heterocycles. The smallest absolute Gasteiger partial charge is 0.180 e. The molecule has 0 spiro atoms. The Morgan fingerprint density at radius 3 is 1.91 bits per heavy atom. The van der Waals surface area contributed by atoms with E-state index in [1.807, 2.05) is 0 Å². The normalized spacial score (nSPS) is 39.5. The van der Waals surface area contributed by atoms with E-state index in [1.54, 1.807) is 24.3 Å². The van der Waals surface area contributed by atoms with E-state index >= 15 is 0 Å². The Hall–Kier alpha value is -2.04. The van der Waals surface area contributed by atoms with Crippen molar-refractivity contribution in [1.82, 2.24) is 15.0 Å². The molecular formula is C20H27N3O10. The van der Waals surface area contributed by atoms with Crippen molar-refractivity contribution >= 4 is 0 Å². The van der Waals surface area contributed by atoms with Crippen LogP contribution in [-0.2, 0) is 9.47 Å². The van der Waals surface area contributed by atoms with Gasteiger partial charge >= 0.3 is 0 Å². The fourth-order valence-electron chi connectivity index (χ4n) is 4.05. The molecular weight excluding hydrogens is 442 g/mol. The molecule has 4 rings (SSSR count). The molecule has 1 aromatic heterocycles. The summed E-state index contributed by atoms with van der Waals surface area (Å²) in [5.41, 5.74) is 1.48. The summed E-state index contributed by atoms with van der Waals surface area (Å²) in [5, 5.41) is 86.9. The first-order valence-electron chi connectivity index (χ1n) is 10.4. The van der Waals surface area contributed by atoms with Crippen molar-refractivity contribution in [3.05, 3.63) is 36.0 Å². The predicted octanol–water partition coefficient (Wildman–Crippen LogP) is -3.57. The van der Waals surface area contributed by atoms with Crippen LogP contribution in [-0.4, -0.2) is 118 Å². The maximum Gasteiger partial charge on any atom is 0.180 e. The molecule has 13 heteroatoms. The van der Waals surface area contributed by atoms with Crippen LogP contribution >= 0.6 is 0 Å². The highest BCUT2D eigenvalue weighted by Gasteiger charge is 2.45.